The molecule has 1 rings (SSSR count). The van der Waals surface area contributed by atoms with Gasteiger partial charge in [-0.05, 0) is 25.7 Å². The second-order valence-corrected chi connectivity index (χ2v) is 4.66. The first kappa shape index (κ1) is 12.8. The van der Waals surface area contributed by atoms with Crippen molar-refractivity contribution in [1.82, 2.24) is 10.2 Å². The number of urea groups is 1. The Balaban J connectivity index is 2.56. The summed E-state index contributed by atoms with van der Waals surface area (Å²) in [5, 5.41) is 11.2. The molecule has 0 aliphatic carbocycles. The van der Waals surface area contributed by atoms with Gasteiger partial charge in [0, 0.05) is 12.6 Å². The second kappa shape index (κ2) is 5.18. The number of amides is 2. The third-order valence-electron chi connectivity index (χ3n) is 3.04. The molecular formula is C11H20N2O3. The Labute approximate surface area is 95.8 Å². The highest BCUT2D eigenvalue weighted by molar-refractivity contribution is 5.82. The molecule has 0 saturated carbocycles. The molecule has 5 nitrogen and oxygen atoms in total. The zero-order valence-corrected chi connectivity index (χ0v) is 10.1. The van der Waals surface area contributed by atoms with Crippen LogP contribution >= 0.6 is 0 Å². The molecule has 16 heavy (non-hydrogen) atoms. The van der Waals surface area contributed by atoms with Crippen LogP contribution in [0.5, 0.6) is 0 Å². The second-order valence-electron chi connectivity index (χ2n) is 4.66. The Kier molecular flexibility index (Phi) is 4.15. The number of carboxylic acid groups (broad SMARTS) is 1. The van der Waals surface area contributed by atoms with E-state index in [2.05, 4.69) is 19.2 Å². The summed E-state index contributed by atoms with van der Waals surface area (Å²) in [5.41, 5.74) is 0. The Morgan fingerprint density at radius 2 is 2.00 bits per heavy atom. The zero-order chi connectivity index (χ0) is 12.3. The number of rotatable bonds is 3. The van der Waals surface area contributed by atoms with E-state index in [1.165, 1.54) is 6.92 Å². The van der Waals surface area contributed by atoms with Gasteiger partial charge in [0.1, 0.15) is 6.04 Å². The van der Waals surface area contributed by atoms with Gasteiger partial charge in [-0.1, -0.05) is 13.8 Å². The lowest BCUT2D eigenvalue weighted by atomic mass is 10.0. The van der Waals surface area contributed by atoms with Crippen LogP contribution in [0.2, 0.25) is 0 Å². The van der Waals surface area contributed by atoms with Gasteiger partial charge in [0.25, 0.3) is 0 Å². The van der Waals surface area contributed by atoms with E-state index < -0.39 is 12.0 Å². The molecule has 5 heteroatoms. The van der Waals surface area contributed by atoms with Gasteiger partial charge < -0.3 is 15.3 Å². The first-order valence-corrected chi connectivity index (χ1v) is 5.73. The first-order chi connectivity index (χ1) is 7.43. The molecule has 92 valence electrons. The van der Waals surface area contributed by atoms with E-state index >= 15 is 0 Å². The lowest BCUT2D eigenvalue weighted by molar-refractivity contribution is -0.138. The van der Waals surface area contributed by atoms with Crippen molar-refractivity contribution in [3.63, 3.8) is 0 Å². The van der Waals surface area contributed by atoms with Crippen LogP contribution in [-0.2, 0) is 4.79 Å². The maximum Gasteiger partial charge on any atom is 0.325 e. The fourth-order valence-corrected chi connectivity index (χ4v) is 2.07. The molecular weight excluding hydrogens is 208 g/mol. The van der Waals surface area contributed by atoms with Gasteiger partial charge in [-0.15, -0.1) is 0 Å². The van der Waals surface area contributed by atoms with Crippen molar-refractivity contribution in [2.45, 2.75) is 45.7 Å². The number of carbonyl (C=O) groups is 2. The molecule has 0 spiro atoms. The summed E-state index contributed by atoms with van der Waals surface area (Å²) in [6, 6.07) is -0.854. The Morgan fingerprint density at radius 3 is 2.50 bits per heavy atom. The fourth-order valence-electron chi connectivity index (χ4n) is 2.07. The van der Waals surface area contributed by atoms with Crippen LogP contribution in [0.15, 0.2) is 0 Å². The summed E-state index contributed by atoms with van der Waals surface area (Å²) in [6.45, 7) is 6.36. The number of likely N-dealkylation sites (tertiary alicyclic amines) is 1. The van der Waals surface area contributed by atoms with Gasteiger partial charge in [0.05, 0.1) is 0 Å². The monoisotopic (exact) mass is 228 g/mol. The van der Waals surface area contributed by atoms with Gasteiger partial charge in [0.15, 0.2) is 0 Å². The summed E-state index contributed by atoms with van der Waals surface area (Å²) in [6.07, 6.45) is 2.00. The number of nitrogens with one attached hydrogen (secondary N) is 1. The molecule has 1 saturated heterocycles. The van der Waals surface area contributed by atoms with Crippen LogP contribution in [0.25, 0.3) is 0 Å². The van der Waals surface area contributed by atoms with Crippen LogP contribution in [-0.4, -0.2) is 40.6 Å². The molecule has 2 amide bonds. The third kappa shape index (κ3) is 2.87. The molecule has 0 bridgehead atoms. The van der Waals surface area contributed by atoms with Crippen LogP contribution in [0.1, 0.15) is 33.6 Å². The highest BCUT2D eigenvalue weighted by Gasteiger charge is 2.31. The van der Waals surface area contributed by atoms with E-state index in [0.29, 0.717) is 5.92 Å². The van der Waals surface area contributed by atoms with Crippen LogP contribution < -0.4 is 5.32 Å². The summed E-state index contributed by atoms with van der Waals surface area (Å²) >= 11 is 0. The fraction of sp³-hybridized carbons (Fsp3) is 0.818. The van der Waals surface area contributed by atoms with Crippen molar-refractivity contribution in [2.24, 2.45) is 5.92 Å². The van der Waals surface area contributed by atoms with Gasteiger partial charge in [-0.25, -0.2) is 4.79 Å². The Morgan fingerprint density at radius 1 is 1.38 bits per heavy atom. The van der Waals surface area contributed by atoms with Crippen molar-refractivity contribution in [3.05, 3.63) is 0 Å². The Hall–Kier alpha value is -1.26. The summed E-state index contributed by atoms with van der Waals surface area (Å²) in [4.78, 5) is 24.2. The predicted octanol–water partition coefficient (Wildman–Crippen LogP) is 1.29. The first-order valence-electron chi connectivity index (χ1n) is 5.73. The summed E-state index contributed by atoms with van der Waals surface area (Å²) in [7, 11) is 0. The van der Waals surface area contributed by atoms with E-state index in [1.807, 2.05) is 0 Å². The third-order valence-corrected chi connectivity index (χ3v) is 3.04. The molecule has 1 aliphatic rings. The van der Waals surface area contributed by atoms with E-state index in [4.69, 9.17) is 5.11 Å². The number of hydrogen-bond donors (Lipinski definition) is 2. The molecule has 1 heterocycles. The quantitative estimate of drug-likeness (QED) is 0.764. The minimum absolute atomic E-state index is 0.237. The normalized spacial score (nSPS) is 22.2. The predicted molar refractivity (Wildman–Crippen MR) is 60.2 cm³/mol. The largest absolute Gasteiger partial charge is 0.480 e. The molecule has 0 aromatic heterocycles. The van der Waals surface area contributed by atoms with Gasteiger partial charge in [-0.2, -0.15) is 0 Å². The highest BCUT2D eigenvalue weighted by Crippen LogP contribution is 2.23. The maximum absolute atomic E-state index is 11.8. The molecule has 1 fully saturated rings. The molecule has 2 atom stereocenters. The van der Waals surface area contributed by atoms with Gasteiger partial charge >= 0.3 is 12.0 Å². The SMILES string of the molecule is CC(C)C1CCCN1C(=O)N[C@@H](C)C(=O)O. The average Bonchev–Trinajstić information content (AvgIpc) is 2.65. The highest BCUT2D eigenvalue weighted by atomic mass is 16.4. The van der Waals surface area contributed by atoms with E-state index in [1.54, 1.807) is 4.90 Å². The van der Waals surface area contributed by atoms with Crippen LogP contribution in [0.4, 0.5) is 4.79 Å². The summed E-state index contributed by atoms with van der Waals surface area (Å²) < 4.78 is 0. The molecule has 1 aliphatic heterocycles. The van der Waals surface area contributed by atoms with Gasteiger partial charge in [-0.3, -0.25) is 4.79 Å². The van der Waals surface area contributed by atoms with E-state index in [0.717, 1.165) is 19.4 Å². The van der Waals surface area contributed by atoms with Crippen molar-refractivity contribution >= 4 is 12.0 Å². The van der Waals surface area contributed by atoms with E-state index in [9.17, 15) is 9.59 Å². The molecule has 2 N–H and O–H groups in total. The summed E-state index contributed by atoms with van der Waals surface area (Å²) in [5.74, 6) is -0.595. The number of carboxylic acids is 1. The number of hydrogen-bond acceptors (Lipinski definition) is 2. The van der Waals surface area contributed by atoms with Crippen molar-refractivity contribution in [1.29, 1.82) is 0 Å². The van der Waals surface area contributed by atoms with E-state index in [-0.39, 0.29) is 12.1 Å². The van der Waals surface area contributed by atoms with Crippen LogP contribution in [0, 0.1) is 5.92 Å². The van der Waals surface area contributed by atoms with Crippen molar-refractivity contribution < 1.29 is 14.7 Å². The molecule has 0 aromatic carbocycles. The minimum Gasteiger partial charge on any atom is -0.480 e. The zero-order valence-electron chi connectivity index (χ0n) is 10.1. The molecule has 0 radical (unpaired) electrons. The smallest absolute Gasteiger partial charge is 0.325 e. The Bertz CT molecular complexity index is 278. The molecule has 0 aromatic rings. The van der Waals surface area contributed by atoms with Crippen molar-refractivity contribution in [3.8, 4) is 0 Å². The lowest BCUT2D eigenvalue weighted by Crippen LogP contribution is -2.49. The maximum atomic E-state index is 11.8. The molecule has 1 unspecified atom stereocenters. The number of aliphatic carboxylic acids is 1. The lowest BCUT2D eigenvalue weighted by Gasteiger charge is -2.28. The standard InChI is InChI=1S/C11H20N2O3/c1-7(2)9-5-4-6-13(9)11(16)12-8(3)10(14)15/h7-9H,4-6H2,1-3H3,(H,12,16)(H,14,15)/t8-,9?/m0/s1. The number of carbonyl (C=O) groups excluding carboxylic acids is 1. The minimum atomic E-state index is -1.01. The van der Waals surface area contributed by atoms with Crippen LogP contribution in [0.3, 0.4) is 0 Å². The number of nitrogens with zero attached hydrogens (tertiary/aromatic N) is 1. The topological polar surface area (TPSA) is 69.6 Å². The van der Waals surface area contributed by atoms with Crippen molar-refractivity contribution in [2.75, 3.05) is 6.54 Å². The van der Waals surface area contributed by atoms with Gasteiger partial charge in [0.2, 0.25) is 0 Å². The average molecular weight is 228 g/mol.